The number of aryl methyl sites for hydroxylation is 1. The zero-order valence-electron chi connectivity index (χ0n) is 13.7. The van der Waals surface area contributed by atoms with E-state index >= 15 is 0 Å². The van der Waals surface area contributed by atoms with Gasteiger partial charge < -0.3 is 5.32 Å². The molecule has 3 rings (SSSR count). The molecule has 0 spiro atoms. The number of anilines is 1. The van der Waals surface area contributed by atoms with Gasteiger partial charge in [0, 0.05) is 18.3 Å². The summed E-state index contributed by atoms with van der Waals surface area (Å²) >= 11 is 5.40. The van der Waals surface area contributed by atoms with Gasteiger partial charge in [-0.05, 0) is 44.6 Å². The van der Waals surface area contributed by atoms with E-state index in [9.17, 15) is 4.79 Å². The van der Waals surface area contributed by atoms with Crippen molar-refractivity contribution in [2.75, 3.05) is 12.0 Å². The number of H-pyrrole nitrogens is 1. The lowest BCUT2D eigenvalue weighted by Crippen LogP contribution is -2.43. The minimum absolute atomic E-state index is 0.103. The highest BCUT2D eigenvalue weighted by Crippen LogP contribution is 2.24. The molecule has 0 unspecified atom stereocenters. The van der Waals surface area contributed by atoms with Crippen molar-refractivity contribution in [2.45, 2.75) is 39.8 Å². The first-order valence-corrected chi connectivity index (χ1v) is 8.35. The van der Waals surface area contributed by atoms with Crippen molar-refractivity contribution >= 4 is 18.0 Å². The lowest BCUT2D eigenvalue weighted by atomic mass is 10.1. The maximum Gasteiger partial charge on any atom is 0.258 e. The van der Waals surface area contributed by atoms with E-state index in [2.05, 4.69) is 29.0 Å². The molecule has 0 bridgehead atoms. The first kappa shape index (κ1) is 16.0. The largest absolute Gasteiger partial charge is 0.358 e. The predicted molar refractivity (Wildman–Crippen MR) is 95.7 cm³/mol. The number of benzene rings is 1. The second-order valence-corrected chi connectivity index (χ2v) is 6.48. The van der Waals surface area contributed by atoms with Crippen molar-refractivity contribution in [1.82, 2.24) is 14.5 Å². The van der Waals surface area contributed by atoms with Gasteiger partial charge in [-0.2, -0.15) is 0 Å². The van der Waals surface area contributed by atoms with Gasteiger partial charge in [0.2, 0.25) is 0 Å². The summed E-state index contributed by atoms with van der Waals surface area (Å²) < 4.78 is 2.33. The van der Waals surface area contributed by atoms with Crippen molar-refractivity contribution in [1.29, 1.82) is 0 Å². The summed E-state index contributed by atoms with van der Waals surface area (Å²) in [5, 5.41) is 3.39. The summed E-state index contributed by atoms with van der Waals surface area (Å²) in [6, 6.07) is 8.55. The molecule has 0 aliphatic carbocycles. The Labute approximate surface area is 141 Å². The van der Waals surface area contributed by atoms with Gasteiger partial charge in [-0.1, -0.05) is 24.6 Å². The molecule has 0 radical (unpaired) electrons. The van der Waals surface area contributed by atoms with Crippen LogP contribution in [0, 0.1) is 11.7 Å². The molecule has 0 fully saturated rings. The SMILES string of the molecule is CC[C@H](C)N1CNc2c(c(=O)[nH]c(=S)n2-c2ccc(C)cc2)C1. The fourth-order valence-electron chi connectivity index (χ4n) is 2.85. The molecule has 23 heavy (non-hydrogen) atoms. The van der Waals surface area contributed by atoms with E-state index in [-0.39, 0.29) is 5.56 Å². The molecular formula is C17H22N4OS. The van der Waals surface area contributed by atoms with Crippen LogP contribution >= 0.6 is 12.2 Å². The summed E-state index contributed by atoms with van der Waals surface area (Å²) in [4.78, 5) is 17.5. The topological polar surface area (TPSA) is 53.1 Å². The Balaban J connectivity index is 2.12. The predicted octanol–water partition coefficient (Wildman–Crippen LogP) is 3.19. The van der Waals surface area contributed by atoms with Gasteiger partial charge in [0.1, 0.15) is 5.82 Å². The molecule has 2 N–H and O–H groups in total. The highest BCUT2D eigenvalue weighted by Gasteiger charge is 2.24. The number of fused-ring (bicyclic) bond motifs is 1. The summed E-state index contributed by atoms with van der Waals surface area (Å²) in [5.74, 6) is 0.808. The second kappa shape index (κ2) is 6.29. The average molecular weight is 330 g/mol. The van der Waals surface area contributed by atoms with E-state index in [1.165, 1.54) is 5.56 Å². The molecular weight excluding hydrogens is 308 g/mol. The highest BCUT2D eigenvalue weighted by atomic mass is 32.1. The number of aromatic amines is 1. The third kappa shape index (κ3) is 2.96. The zero-order valence-corrected chi connectivity index (χ0v) is 14.5. The normalized spacial score (nSPS) is 15.8. The van der Waals surface area contributed by atoms with E-state index in [4.69, 9.17) is 12.2 Å². The van der Waals surface area contributed by atoms with Crippen LogP contribution in [0.3, 0.4) is 0 Å². The van der Waals surface area contributed by atoms with Crippen LogP contribution in [0.15, 0.2) is 29.1 Å². The van der Waals surface area contributed by atoms with Crippen molar-refractivity contribution in [3.8, 4) is 5.69 Å². The first-order chi connectivity index (χ1) is 11.0. The maximum atomic E-state index is 12.4. The van der Waals surface area contributed by atoms with Gasteiger partial charge in [0.05, 0.1) is 12.2 Å². The molecule has 5 nitrogen and oxygen atoms in total. The fourth-order valence-corrected chi connectivity index (χ4v) is 3.14. The van der Waals surface area contributed by atoms with Crippen molar-refractivity contribution in [3.05, 3.63) is 50.5 Å². The van der Waals surface area contributed by atoms with Crippen LogP contribution in [0.4, 0.5) is 5.82 Å². The van der Waals surface area contributed by atoms with E-state index < -0.39 is 0 Å². The Morgan fingerprint density at radius 2 is 2.00 bits per heavy atom. The molecule has 1 aromatic carbocycles. The fraction of sp³-hybridized carbons (Fsp3) is 0.412. The number of rotatable bonds is 3. The molecule has 1 aliphatic heterocycles. The van der Waals surface area contributed by atoms with Gasteiger partial charge in [-0.3, -0.25) is 19.2 Å². The average Bonchev–Trinajstić information content (AvgIpc) is 2.55. The van der Waals surface area contributed by atoms with Gasteiger partial charge >= 0.3 is 0 Å². The quantitative estimate of drug-likeness (QED) is 0.849. The van der Waals surface area contributed by atoms with Crippen LogP contribution in [-0.2, 0) is 6.54 Å². The summed E-state index contributed by atoms with van der Waals surface area (Å²) in [5.41, 5.74) is 2.78. The number of hydrogen-bond acceptors (Lipinski definition) is 4. The van der Waals surface area contributed by atoms with Crippen molar-refractivity contribution < 1.29 is 0 Å². The van der Waals surface area contributed by atoms with E-state index in [0.29, 0.717) is 24.0 Å². The van der Waals surface area contributed by atoms with Crippen molar-refractivity contribution in [3.63, 3.8) is 0 Å². The zero-order chi connectivity index (χ0) is 16.6. The summed E-state index contributed by atoms with van der Waals surface area (Å²) in [7, 11) is 0. The number of hydrogen-bond donors (Lipinski definition) is 2. The lowest BCUT2D eigenvalue weighted by molar-refractivity contribution is 0.200. The standard InChI is InChI=1S/C17H22N4OS/c1-4-12(3)20-9-14-15(18-10-20)21(17(23)19-16(14)22)13-7-5-11(2)6-8-13/h5-8,12,18H,4,9-10H2,1-3H3,(H,19,22,23)/t12-/m0/s1. The van der Waals surface area contributed by atoms with Crippen LogP contribution in [-0.4, -0.2) is 27.2 Å². The van der Waals surface area contributed by atoms with Gasteiger partial charge in [0.25, 0.3) is 5.56 Å². The number of nitrogens with zero attached hydrogens (tertiary/aromatic N) is 2. The maximum absolute atomic E-state index is 12.4. The van der Waals surface area contributed by atoms with Crippen LogP contribution in [0.5, 0.6) is 0 Å². The number of aromatic nitrogens is 2. The van der Waals surface area contributed by atoms with E-state index in [1.54, 1.807) is 0 Å². The molecule has 1 aliphatic rings. The molecule has 2 heterocycles. The summed E-state index contributed by atoms with van der Waals surface area (Å²) in [6.45, 7) is 7.73. The Kier molecular flexibility index (Phi) is 4.37. The van der Waals surface area contributed by atoms with Crippen LogP contribution in [0.25, 0.3) is 5.69 Å². The Morgan fingerprint density at radius 3 is 2.65 bits per heavy atom. The Hall–Kier alpha value is -1.92. The van der Waals surface area contributed by atoms with Crippen LogP contribution in [0.1, 0.15) is 31.4 Å². The van der Waals surface area contributed by atoms with Gasteiger partial charge in [0.15, 0.2) is 4.77 Å². The minimum atomic E-state index is -0.103. The Bertz CT molecular complexity index is 822. The smallest absolute Gasteiger partial charge is 0.258 e. The van der Waals surface area contributed by atoms with Crippen LogP contribution in [0.2, 0.25) is 0 Å². The third-order valence-corrected chi connectivity index (χ3v) is 4.81. The lowest BCUT2D eigenvalue weighted by Gasteiger charge is -2.34. The van der Waals surface area contributed by atoms with Crippen molar-refractivity contribution in [2.24, 2.45) is 0 Å². The highest BCUT2D eigenvalue weighted by molar-refractivity contribution is 7.71. The molecule has 122 valence electrons. The number of nitrogens with one attached hydrogen (secondary N) is 2. The second-order valence-electron chi connectivity index (χ2n) is 6.10. The molecule has 0 amide bonds. The van der Waals surface area contributed by atoms with Gasteiger partial charge in [-0.25, -0.2) is 0 Å². The van der Waals surface area contributed by atoms with E-state index in [0.717, 1.165) is 23.5 Å². The molecule has 2 aromatic rings. The first-order valence-electron chi connectivity index (χ1n) is 7.94. The van der Waals surface area contributed by atoms with Gasteiger partial charge in [-0.15, -0.1) is 0 Å². The molecule has 1 aromatic heterocycles. The summed E-state index contributed by atoms with van der Waals surface area (Å²) in [6.07, 6.45) is 1.05. The molecule has 0 saturated heterocycles. The van der Waals surface area contributed by atoms with E-state index in [1.807, 2.05) is 35.8 Å². The molecule has 1 atom stereocenters. The van der Waals surface area contributed by atoms with Crippen LogP contribution < -0.4 is 10.9 Å². The molecule has 0 saturated carbocycles. The third-order valence-electron chi connectivity index (χ3n) is 4.52. The molecule has 6 heteroatoms. The Morgan fingerprint density at radius 1 is 1.30 bits per heavy atom. The minimum Gasteiger partial charge on any atom is -0.358 e. The monoisotopic (exact) mass is 330 g/mol.